The number of carboxylic acids is 1. The number of aliphatic carboxylic acids is 1. The average molecular weight is 282 g/mol. The lowest BCUT2D eigenvalue weighted by Crippen LogP contribution is -2.32. The number of benzene rings is 1. The van der Waals surface area contributed by atoms with E-state index in [-0.39, 0.29) is 0 Å². The van der Waals surface area contributed by atoms with Crippen LogP contribution in [0, 0.1) is 0 Å². The molecule has 0 saturated heterocycles. The van der Waals surface area contributed by atoms with E-state index in [0.717, 1.165) is 5.75 Å². The summed E-state index contributed by atoms with van der Waals surface area (Å²) in [6, 6.07) is 8.02. The topological polar surface area (TPSA) is 66.6 Å². The summed E-state index contributed by atoms with van der Waals surface area (Å²) in [6.45, 7) is 4.30. The van der Waals surface area contributed by atoms with Crippen molar-refractivity contribution >= 4 is 23.4 Å². The zero-order chi connectivity index (χ0) is 14.4. The number of nitrogens with two attached hydrogens (primary N) is 1. The number of carbonyl (C=O) groups is 1. The quantitative estimate of drug-likeness (QED) is 0.802. The van der Waals surface area contributed by atoms with E-state index in [9.17, 15) is 4.79 Å². The van der Waals surface area contributed by atoms with Crippen LogP contribution in [0.25, 0.3) is 0 Å². The molecule has 0 radical (unpaired) electrons. The van der Waals surface area contributed by atoms with Gasteiger partial charge in [0.05, 0.1) is 0 Å². The summed E-state index contributed by atoms with van der Waals surface area (Å²) in [6.07, 6.45) is 0. The standard InChI is InChI=1S/C14H22N2O2S/c1-10(2)16(3)12-6-4-11(5-7-12)8-19-9-13(15)14(17)18/h4-7,10,13H,8-9,15H2,1-3H3,(H,17,18)/t13-/m0/s1. The number of hydrogen-bond acceptors (Lipinski definition) is 4. The van der Waals surface area contributed by atoms with Crippen LogP contribution in [-0.2, 0) is 10.5 Å². The molecule has 0 aliphatic heterocycles. The predicted octanol–water partition coefficient (Wildman–Crippen LogP) is 2.18. The Bertz CT molecular complexity index is 406. The Morgan fingerprint density at radius 3 is 2.42 bits per heavy atom. The summed E-state index contributed by atoms with van der Waals surface area (Å²) in [5.41, 5.74) is 7.82. The second kappa shape index (κ2) is 7.40. The monoisotopic (exact) mass is 282 g/mol. The van der Waals surface area contributed by atoms with E-state index < -0.39 is 12.0 Å². The lowest BCUT2D eigenvalue weighted by Gasteiger charge is -2.23. The van der Waals surface area contributed by atoms with Crippen LogP contribution in [0.15, 0.2) is 24.3 Å². The minimum absolute atomic E-state index is 0.434. The molecule has 1 rings (SSSR count). The first-order chi connectivity index (χ1) is 8.91. The van der Waals surface area contributed by atoms with Gasteiger partial charge in [0.15, 0.2) is 0 Å². The molecule has 0 bridgehead atoms. The normalized spacial score (nSPS) is 12.5. The zero-order valence-corrected chi connectivity index (χ0v) is 12.5. The maximum Gasteiger partial charge on any atom is 0.321 e. The van der Waals surface area contributed by atoms with Crippen LogP contribution in [0.1, 0.15) is 19.4 Å². The third-order valence-electron chi connectivity index (χ3n) is 3.00. The summed E-state index contributed by atoms with van der Waals surface area (Å²) in [5.74, 6) is 0.275. The van der Waals surface area contributed by atoms with E-state index in [4.69, 9.17) is 10.8 Å². The summed E-state index contributed by atoms with van der Waals surface area (Å²) < 4.78 is 0. The van der Waals surface area contributed by atoms with Crippen LogP contribution in [0.4, 0.5) is 5.69 Å². The van der Waals surface area contributed by atoms with Gasteiger partial charge in [0.1, 0.15) is 6.04 Å². The van der Waals surface area contributed by atoms with Gasteiger partial charge in [0.2, 0.25) is 0 Å². The first-order valence-corrected chi connectivity index (χ1v) is 7.45. The van der Waals surface area contributed by atoms with Crippen molar-refractivity contribution in [3.05, 3.63) is 29.8 Å². The van der Waals surface area contributed by atoms with Crippen molar-refractivity contribution in [1.82, 2.24) is 0 Å². The van der Waals surface area contributed by atoms with Gasteiger partial charge in [-0.15, -0.1) is 0 Å². The maximum absolute atomic E-state index is 10.6. The summed E-state index contributed by atoms with van der Waals surface area (Å²) in [7, 11) is 2.07. The molecule has 0 aromatic heterocycles. The van der Waals surface area contributed by atoms with Crippen molar-refractivity contribution in [2.24, 2.45) is 5.73 Å². The van der Waals surface area contributed by atoms with Crippen LogP contribution in [0.2, 0.25) is 0 Å². The zero-order valence-electron chi connectivity index (χ0n) is 11.7. The van der Waals surface area contributed by atoms with Gasteiger partial charge in [-0.3, -0.25) is 4.79 Å². The molecular formula is C14H22N2O2S. The minimum Gasteiger partial charge on any atom is -0.480 e. The third kappa shape index (κ3) is 5.12. The maximum atomic E-state index is 10.6. The van der Waals surface area contributed by atoms with Crippen molar-refractivity contribution in [2.75, 3.05) is 17.7 Å². The highest BCUT2D eigenvalue weighted by Crippen LogP contribution is 2.19. The number of thioether (sulfide) groups is 1. The molecule has 106 valence electrons. The molecule has 1 aromatic rings. The Balaban J connectivity index is 2.47. The fraction of sp³-hybridized carbons (Fsp3) is 0.500. The van der Waals surface area contributed by atoms with E-state index >= 15 is 0 Å². The number of nitrogens with zero attached hydrogens (tertiary/aromatic N) is 1. The van der Waals surface area contributed by atoms with E-state index in [1.54, 1.807) is 11.8 Å². The second-order valence-electron chi connectivity index (χ2n) is 4.83. The fourth-order valence-electron chi connectivity index (χ4n) is 1.50. The lowest BCUT2D eigenvalue weighted by molar-refractivity contribution is -0.137. The fourth-order valence-corrected chi connectivity index (χ4v) is 2.44. The average Bonchev–Trinajstić information content (AvgIpc) is 2.38. The third-order valence-corrected chi connectivity index (χ3v) is 4.13. The van der Waals surface area contributed by atoms with Gasteiger partial charge in [0.25, 0.3) is 0 Å². The Kier molecular flexibility index (Phi) is 6.18. The molecule has 0 saturated carbocycles. The highest BCUT2D eigenvalue weighted by atomic mass is 32.2. The molecule has 19 heavy (non-hydrogen) atoms. The molecular weight excluding hydrogens is 260 g/mol. The predicted molar refractivity (Wildman–Crippen MR) is 81.8 cm³/mol. The van der Waals surface area contributed by atoms with Gasteiger partial charge in [-0.1, -0.05) is 12.1 Å². The minimum atomic E-state index is -0.943. The largest absolute Gasteiger partial charge is 0.480 e. The van der Waals surface area contributed by atoms with E-state index in [1.165, 1.54) is 11.3 Å². The van der Waals surface area contributed by atoms with Crippen molar-refractivity contribution in [3.8, 4) is 0 Å². The van der Waals surface area contributed by atoms with Crippen LogP contribution >= 0.6 is 11.8 Å². The number of carboxylic acid groups (broad SMARTS) is 1. The van der Waals surface area contributed by atoms with Gasteiger partial charge >= 0.3 is 5.97 Å². The molecule has 1 atom stereocenters. The molecule has 4 nitrogen and oxygen atoms in total. The summed E-state index contributed by atoms with van der Waals surface area (Å²) >= 11 is 1.54. The molecule has 0 aliphatic carbocycles. The second-order valence-corrected chi connectivity index (χ2v) is 5.86. The van der Waals surface area contributed by atoms with Gasteiger partial charge in [-0.2, -0.15) is 11.8 Å². The molecule has 0 spiro atoms. The first-order valence-electron chi connectivity index (χ1n) is 6.29. The van der Waals surface area contributed by atoms with Crippen molar-refractivity contribution < 1.29 is 9.90 Å². The Hall–Kier alpha value is -1.20. The number of anilines is 1. The lowest BCUT2D eigenvalue weighted by atomic mass is 10.2. The van der Waals surface area contributed by atoms with Crippen LogP contribution in [0.5, 0.6) is 0 Å². The van der Waals surface area contributed by atoms with E-state index in [0.29, 0.717) is 11.8 Å². The molecule has 0 aliphatic rings. The number of hydrogen-bond donors (Lipinski definition) is 2. The highest BCUT2D eigenvalue weighted by Gasteiger charge is 2.11. The van der Waals surface area contributed by atoms with E-state index in [1.807, 2.05) is 0 Å². The van der Waals surface area contributed by atoms with Gasteiger partial charge < -0.3 is 15.7 Å². The van der Waals surface area contributed by atoms with Crippen LogP contribution in [-0.4, -0.2) is 36.0 Å². The summed E-state index contributed by atoms with van der Waals surface area (Å²) in [4.78, 5) is 12.8. The Labute approximate surface area is 119 Å². The molecule has 0 heterocycles. The molecule has 0 amide bonds. The van der Waals surface area contributed by atoms with Crippen molar-refractivity contribution in [1.29, 1.82) is 0 Å². The molecule has 0 unspecified atom stereocenters. The Morgan fingerprint density at radius 1 is 1.37 bits per heavy atom. The first kappa shape index (κ1) is 15.9. The highest BCUT2D eigenvalue weighted by molar-refractivity contribution is 7.98. The SMILES string of the molecule is CC(C)N(C)c1ccc(CSC[C@H](N)C(=O)O)cc1. The van der Waals surface area contributed by atoms with Crippen molar-refractivity contribution in [3.63, 3.8) is 0 Å². The number of rotatable bonds is 7. The van der Waals surface area contributed by atoms with Crippen LogP contribution in [0.3, 0.4) is 0 Å². The molecule has 1 aromatic carbocycles. The summed E-state index contributed by atoms with van der Waals surface area (Å²) in [5, 5.41) is 8.68. The van der Waals surface area contributed by atoms with Gasteiger partial charge in [-0.25, -0.2) is 0 Å². The van der Waals surface area contributed by atoms with Crippen LogP contribution < -0.4 is 10.6 Å². The molecule has 0 fully saturated rings. The smallest absolute Gasteiger partial charge is 0.321 e. The molecule has 3 N–H and O–H groups in total. The Morgan fingerprint density at radius 2 is 1.95 bits per heavy atom. The van der Waals surface area contributed by atoms with Gasteiger partial charge in [-0.05, 0) is 31.5 Å². The van der Waals surface area contributed by atoms with Crippen molar-refractivity contribution in [2.45, 2.75) is 31.7 Å². The molecule has 5 heteroatoms. The van der Waals surface area contributed by atoms with E-state index in [2.05, 4.69) is 50.1 Å². The van der Waals surface area contributed by atoms with Gasteiger partial charge in [0, 0.05) is 30.3 Å².